The highest BCUT2D eigenvalue weighted by atomic mass is 19.4. The number of esters is 1. The number of nitrogens with one attached hydrogen (secondary N) is 1. The monoisotopic (exact) mass is 449 g/mol. The largest absolute Gasteiger partial charge is 0.490 e. The van der Waals surface area contributed by atoms with Gasteiger partial charge < -0.3 is 10.1 Å². The second-order valence-corrected chi connectivity index (χ2v) is 8.94. The fraction of sp³-hybridized carbons (Fsp3) is 0.619. The standard InChI is InChI=1S/C21H21F6NO3/c22-20(23,24)17(29)28-16(13-4-2-1-3-5-13)15-14-7-11-6-12(8-14)10-19(15,9-11)31-18(30)21(25,26)27/h1-5,11-12,14-16H,6-10H2,(H,28,29)/t11-,12?,14?,15-,16+,19-/m1/s1. The van der Waals surface area contributed by atoms with Gasteiger partial charge in [0, 0.05) is 5.92 Å². The van der Waals surface area contributed by atoms with Crippen molar-refractivity contribution in [3.8, 4) is 0 Å². The molecule has 4 saturated carbocycles. The highest BCUT2D eigenvalue weighted by Crippen LogP contribution is 2.63. The summed E-state index contributed by atoms with van der Waals surface area (Å²) in [5, 5.41) is 2.00. The molecule has 0 heterocycles. The molecule has 6 atom stereocenters. The third-order valence-electron chi connectivity index (χ3n) is 6.91. The first-order valence-corrected chi connectivity index (χ1v) is 10.1. The second-order valence-electron chi connectivity index (χ2n) is 8.94. The topological polar surface area (TPSA) is 55.4 Å². The number of halogens is 6. The maximum Gasteiger partial charge on any atom is 0.490 e. The zero-order valence-electron chi connectivity index (χ0n) is 16.3. The van der Waals surface area contributed by atoms with Gasteiger partial charge in [0.2, 0.25) is 0 Å². The van der Waals surface area contributed by atoms with Crippen LogP contribution in [0.5, 0.6) is 0 Å². The number of amides is 1. The van der Waals surface area contributed by atoms with Gasteiger partial charge in [-0.1, -0.05) is 30.3 Å². The molecule has 0 saturated heterocycles. The first kappa shape index (κ1) is 22.0. The van der Waals surface area contributed by atoms with Crippen molar-refractivity contribution >= 4 is 11.9 Å². The Hall–Kier alpha value is -2.26. The van der Waals surface area contributed by atoms with Gasteiger partial charge in [-0.2, -0.15) is 26.3 Å². The second kappa shape index (κ2) is 7.41. The Balaban J connectivity index is 1.76. The van der Waals surface area contributed by atoms with E-state index in [2.05, 4.69) is 0 Å². The van der Waals surface area contributed by atoms with Crippen molar-refractivity contribution in [2.24, 2.45) is 23.7 Å². The summed E-state index contributed by atoms with van der Waals surface area (Å²) in [7, 11) is 0. The van der Waals surface area contributed by atoms with Crippen molar-refractivity contribution in [2.75, 3.05) is 0 Å². The summed E-state index contributed by atoms with van der Waals surface area (Å²) < 4.78 is 83.5. The van der Waals surface area contributed by atoms with E-state index in [-0.39, 0.29) is 30.6 Å². The minimum atomic E-state index is -5.22. The average Bonchev–Trinajstić information content (AvgIpc) is 2.65. The number of carbonyl (C=O) groups is 2. The Morgan fingerprint density at radius 2 is 1.52 bits per heavy atom. The molecular weight excluding hydrogens is 428 g/mol. The van der Waals surface area contributed by atoms with Gasteiger partial charge in [-0.25, -0.2) is 4.79 Å². The Bertz CT molecular complexity index is 839. The molecule has 31 heavy (non-hydrogen) atoms. The third kappa shape index (κ3) is 4.13. The molecule has 2 unspecified atom stereocenters. The van der Waals surface area contributed by atoms with Gasteiger partial charge in [-0.15, -0.1) is 0 Å². The maximum absolute atomic E-state index is 13.1. The highest BCUT2D eigenvalue weighted by molar-refractivity contribution is 5.82. The lowest BCUT2D eigenvalue weighted by Crippen LogP contribution is -2.63. The molecule has 0 spiro atoms. The first-order chi connectivity index (χ1) is 14.4. The van der Waals surface area contributed by atoms with Gasteiger partial charge in [0.05, 0.1) is 6.04 Å². The normalized spacial score (nSPS) is 33.1. The molecule has 4 fully saturated rings. The third-order valence-corrected chi connectivity index (χ3v) is 6.91. The Labute approximate surface area is 174 Å². The van der Waals surface area contributed by atoms with E-state index >= 15 is 0 Å². The SMILES string of the molecule is O=C(N[C@@H](c1ccccc1)[C@H]1C2CC3C[C@H](C2)C[C@@]1(OC(=O)C(F)(F)F)C3)C(F)(F)F. The number of rotatable bonds is 4. The van der Waals surface area contributed by atoms with E-state index in [1.54, 1.807) is 18.2 Å². The van der Waals surface area contributed by atoms with Crippen molar-refractivity contribution in [1.29, 1.82) is 0 Å². The van der Waals surface area contributed by atoms with Crippen LogP contribution in [0.15, 0.2) is 30.3 Å². The summed E-state index contributed by atoms with van der Waals surface area (Å²) in [6, 6.07) is 6.60. The lowest BCUT2D eigenvalue weighted by atomic mass is 9.48. The molecular formula is C21H21F6NO3. The summed E-state index contributed by atoms with van der Waals surface area (Å²) in [5.74, 6) is -5.57. The number of hydrogen-bond acceptors (Lipinski definition) is 3. The number of benzene rings is 1. The number of alkyl halides is 6. The lowest BCUT2D eigenvalue weighted by Gasteiger charge is -2.61. The molecule has 0 radical (unpaired) electrons. The van der Waals surface area contributed by atoms with E-state index < -0.39 is 41.8 Å². The van der Waals surface area contributed by atoms with E-state index in [1.165, 1.54) is 12.1 Å². The van der Waals surface area contributed by atoms with Crippen molar-refractivity contribution in [1.82, 2.24) is 5.32 Å². The molecule has 1 aromatic carbocycles. The van der Waals surface area contributed by atoms with Crippen LogP contribution in [0.3, 0.4) is 0 Å². The van der Waals surface area contributed by atoms with Gasteiger partial charge in [0.15, 0.2) is 0 Å². The van der Waals surface area contributed by atoms with Crippen LogP contribution in [0.4, 0.5) is 26.3 Å². The molecule has 4 aliphatic rings. The molecule has 4 bridgehead atoms. The predicted molar refractivity (Wildman–Crippen MR) is 95.3 cm³/mol. The summed E-state index contributed by atoms with van der Waals surface area (Å²) in [4.78, 5) is 23.7. The minimum absolute atomic E-state index is 0.0459. The lowest BCUT2D eigenvalue weighted by molar-refractivity contribution is -0.247. The molecule has 0 aromatic heterocycles. The van der Waals surface area contributed by atoms with Crippen molar-refractivity contribution in [3.63, 3.8) is 0 Å². The van der Waals surface area contributed by atoms with Crippen LogP contribution in [0.1, 0.15) is 43.7 Å². The van der Waals surface area contributed by atoms with Gasteiger partial charge in [-0.3, -0.25) is 4.79 Å². The van der Waals surface area contributed by atoms with Gasteiger partial charge in [0.1, 0.15) is 5.60 Å². The summed E-state index contributed by atoms with van der Waals surface area (Å²) >= 11 is 0. The van der Waals surface area contributed by atoms with Crippen molar-refractivity contribution < 1.29 is 40.7 Å². The molecule has 5 rings (SSSR count). The Morgan fingerprint density at radius 3 is 2.03 bits per heavy atom. The van der Waals surface area contributed by atoms with E-state index in [0.29, 0.717) is 18.4 Å². The molecule has 1 aromatic rings. The number of ether oxygens (including phenoxy) is 1. The smallest absolute Gasteiger partial charge is 0.452 e. The fourth-order valence-electron chi connectivity index (χ4n) is 6.24. The predicted octanol–water partition coefficient (Wildman–Crippen LogP) is 4.71. The molecule has 4 nitrogen and oxygen atoms in total. The van der Waals surface area contributed by atoms with E-state index in [9.17, 15) is 35.9 Å². The van der Waals surface area contributed by atoms with Gasteiger partial charge in [-0.05, 0) is 55.4 Å². The van der Waals surface area contributed by atoms with E-state index in [4.69, 9.17) is 4.74 Å². The van der Waals surface area contributed by atoms with Crippen LogP contribution in [-0.4, -0.2) is 29.8 Å². The summed E-state index contributed by atoms with van der Waals surface area (Å²) in [6.07, 6.45) is -8.02. The minimum Gasteiger partial charge on any atom is -0.452 e. The van der Waals surface area contributed by atoms with Crippen molar-refractivity contribution in [2.45, 2.75) is 56.1 Å². The molecule has 0 aliphatic heterocycles. The quantitative estimate of drug-likeness (QED) is 0.535. The van der Waals surface area contributed by atoms with Gasteiger partial charge in [0.25, 0.3) is 0 Å². The van der Waals surface area contributed by atoms with Crippen LogP contribution in [0, 0.1) is 23.7 Å². The average molecular weight is 449 g/mol. The van der Waals surface area contributed by atoms with Crippen LogP contribution < -0.4 is 5.32 Å². The maximum atomic E-state index is 13.1. The van der Waals surface area contributed by atoms with Gasteiger partial charge >= 0.3 is 24.2 Å². The highest BCUT2D eigenvalue weighted by Gasteiger charge is 2.63. The zero-order valence-corrected chi connectivity index (χ0v) is 16.3. The Morgan fingerprint density at radius 1 is 0.935 bits per heavy atom. The molecule has 10 heteroatoms. The molecule has 1 amide bonds. The van der Waals surface area contributed by atoms with E-state index in [1.807, 2.05) is 5.32 Å². The first-order valence-electron chi connectivity index (χ1n) is 10.1. The molecule has 4 aliphatic carbocycles. The molecule has 170 valence electrons. The van der Waals surface area contributed by atoms with Crippen molar-refractivity contribution in [3.05, 3.63) is 35.9 Å². The molecule has 1 N–H and O–H groups in total. The van der Waals surface area contributed by atoms with Crippen LogP contribution in [-0.2, 0) is 14.3 Å². The summed E-state index contributed by atoms with van der Waals surface area (Å²) in [6.45, 7) is 0. The fourth-order valence-corrected chi connectivity index (χ4v) is 6.24. The van der Waals surface area contributed by atoms with Crippen LogP contribution in [0.25, 0.3) is 0 Å². The zero-order chi connectivity index (χ0) is 22.6. The van der Waals surface area contributed by atoms with E-state index in [0.717, 1.165) is 6.42 Å². The number of carbonyl (C=O) groups excluding carboxylic acids is 2. The van der Waals surface area contributed by atoms with Crippen LogP contribution in [0.2, 0.25) is 0 Å². The number of hydrogen-bond donors (Lipinski definition) is 1. The van der Waals surface area contributed by atoms with Crippen LogP contribution >= 0.6 is 0 Å². The Kier molecular flexibility index (Phi) is 5.25. The summed E-state index contributed by atoms with van der Waals surface area (Å²) in [5.41, 5.74) is -1.24.